The van der Waals surface area contributed by atoms with Crippen molar-refractivity contribution in [2.24, 2.45) is 0 Å². The molecule has 0 heterocycles. The molecule has 0 radical (unpaired) electrons. The molecule has 0 aromatic rings. The van der Waals surface area contributed by atoms with Crippen molar-refractivity contribution >= 4 is 93.4 Å². The Morgan fingerprint density at radius 2 is 1.19 bits per heavy atom. The minimum atomic E-state index is -2.74. The van der Waals surface area contributed by atoms with E-state index in [0.29, 0.717) is 0 Å². The first-order valence-corrected chi connectivity index (χ1v) is 3.17. The third-order valence-corrected chi connectivity index (χ3v) is 1.29. The Morgan fingerprint density at radius 3 is 1.31 bits per heavy atom. The van der Waals surface area contributed by atoms with Crippen LogP contribution in [0.15, 0.2) is 0 Å². The number of carboxylic acid groups (broad SMARTS) is 3. The second-order valence-corrected chi connectivity index (χ2v) is 2.48. The van der Waals surface area contributed by atoms with Crippen LogP contribution in [0.4, 0.5) is 0 Å². The van der Waals surface area contributed by atoms with E-state index in [1.54, 1.807) is 0 Å². The first kappa shape index (κ1) is 25.6. The van der Waals surface area contributed by atoms with E-state index in [0.717, 1.165) is 0 Å². The minimum Gasteiger partial charge on any atom is -1.00 e. The van der Waals surface area contributed by atoms with E-state index in [1.165, 1.54) is 0 Å². The molecule has 0 atom stereocenters. The molecule has 0 saturated heterocycles. The number of aliphatic carboxylic acids is 3. The normalized spacial score (nSPS) is 8.81. The molecule has 0 rings (SSSR count). The summed E-state index contributed by atoms with van der Waals surface area (Å²) in [5.41, 5.74) is -2.74. The van der Waals surface area contributed by atoms with E-state index in [-0.39, 0.29) is 86.7 Å². The third kappa shape index (κ3) is 10.0. The molecule has 0 fully saturated rings. The van der Waals surface area contributed by atoms with Crippen LogP contribution in [0.3, 0.4) is 0 Å². The quantitative estimate of drug-likeness (QED) is 0.411. The van der Waals surface area contributed by atoms with Crippen molar-refractivity contribution in [3.8, 4) is 0 Å². The summed E-state index contributed by atoms with van der Waals surface area (Å²) >= 11 is 0. The molecule has 0 unspecified atom stereocenters. The number of hydrogen-bond donors (Lipinski definition) is 4. The molecule has 0 bridgehead atoms. The Bertz CT molecular complexity index is 251. The van der Waals surface area contributed by atoms with Gasteiger partial charge in [0.25, 0.3) is 0 Å². The van der Waals surface area contributed by atoms with Gasteiger partial charge in [-0.2, -0.15) is 0 Å². The van der Waals surface area contributed by atoms with E-state index >= 15 is 0 Å². The van der Waals surface area contributed by atoms with Gasteiger partial charge in [-0.05, 0) is 0 Å². The number of carboxylic acids is 3. The number of rotatable bonds is 5. The number of carbonyl (C=O) groups is 3. The van der Waals surface area contributed by atoms with E-state index in [4.69, 9.17) is 20.4 Å². The Morgan fingerprint density at radius 1 is 0.938 bits per heavy atom. The van der Waals surface area contributed by atoms with E-state index in [9.17, 15) is 14.4 Å². The summed E-state index contributed by atoms with van der Waals surface area (Å²) in [4.78, 5) is 30.5. The summed E-state index contributed by atoms with van der Waals surface area (Å²) in [7, 11) is 0. The molecule has 0 amide bonds. The minimum absolute atomic E-state index is 0. The second-order valence-electron chi connectivity index (χ2n) is 2.48. The smallest absolute Gasteiger partial charge is 1.00 e. The molecule has 90 valence electrons. The van der Waals surface area contributed by atoms with Crippen molar-refractivity contribution < 1.29 is 46.0 Å². The predicted octanol–water partition coefficient (Wildman–Crippen LogP) is -2.38. The van der Waals surface area contributed by atoms with Gasteiger partial charge in [-0.15, -0.1) is 0 Å². The number of hydrogen-bond acceptors (Lipinski definition) is 4. The maximum absolute atomic E-state index is 10.3. The summed E-state index contributed by atoms with van der Waals surface area (Å²) in [5.74, 6) is -5.02. The topological polar surface area (TPSA) is 164 Å². The Kier molecular flexibility index (Phi) is 17.6. The molecule has 0 aliphatic carbocycles. The van der Waals surface area contributed by atoms with Crippen LogP contribution in [0.1, 0.15) is 18.5 Å². The second kappa shape index (κ2) is 11.0. The molecule has 0 aliphatic rings. The molecule has 0 aromatic carbocycles. The first-order valence-electron chi connectivity index (χ1n) is 3.17. The predicted molar refractivity (Wildman–Crippen MR) is 56.7 cm³/mol. The van der Waals surface area contributed by atoms with Gasteiger partial charge in [-0.1, -0.05) is 0 Å². The SMILES string of the molecule is O.O=C(O)CC(O)(CC(=O)O)C(=O)O.[Ca+2].[Ca+2].[H-].[H-].[H-].[H-]. The molecule has 16 heavy (non-hydrogen) atoms. The van der Waals surface area contributed by atoms with Crippen LogP contribution in [0, 0.1) is 0 Å². The van der Waals surface area contributed by atoms with Crippen LogP contribution in [0.5, 0.6) is 0 Å². The van der Waals surface area contributed by atoms with Crippen LogP contribution in [-0.2, 0) is 14.4 Å². The Hall–Kier alpha value is 0.849. The van der Waals surface area contributed by atoms with E-state index < -0.39 is 36.4 Å². The van der Waals surface area contributed by atoms with Crippen molar-refractivity contribution in [3.63, 3.8) is 0 Å². The molecular weight excluding hydrogens is 280 g/mol. The fourth-order valence-electron chi connectivity index (χ4n) is 0.714. The van der Waals surface area contributed by atoms with Gasteiger partial charge in [0.15, 0.2) is 5.60 Å². The maximum Gasteiger partial charge on any atom is 2.00 e. The van der Waals surface area contributed by atoms with Crippen molar-refractivity contribution in [3.05, 3.63) is 0 Å². The standard InChI is InChI=1S/C6H8O7.2Ca.H2O.4H/c7-3(8)1-6(13,5(11)12)2-4(9)10;;;;;;;/h13H,1-2H2,(H,7,8)(H,9,10)(H,11,12);;;1H2;;;;/q;2*+2;;4*-1. The molecule has 6 N–H and O–H groups in total. The molecule has 0 saturated carbocycles. The molecule has 0 spiro atoms. The van der Waals surface area contributed by atoms with Crippen LogP contribution in [0.25, 0.3) is 0 Å². The zero-order chi connectivity index (χ0) is 10.6. The first-order chi connectivity index (χ1) is 5.78. The van der Waals surface area contributed by atoms with Gasteiger partial charge in [-0.3, -0.25) is 9.59 Å². The maximum atomic E-state index is 10.3. The zero-order valence-electron chi connectivity index (χ0n) is 12.3. The number of aliphatic hydroxyl groups is 1. The average Bonchev–Trinajstić information content (AvgIpc) is 1.82. The Labute approximate surface area is 156 Å². The summed E-state index contributed by atoms with van der Waals surface area (Å²) in [6.45, 7) is 0. The van der Waals surface area contributed by atoms with Gasteiger partial charge in [0.05, 0.1) is 12.8 Å². The summed E-state index contributed by atoms with van der Waals surface area (Å²) in [5, 5.41) is 33.8. The van der Waals surface area contributed by atoms with Crippen molar-refractivity contribution in [1.82, 2.24) is 0 Å². The molecule has 10 heteroatoms. The van der Waals surface area contributed by atoms with Crippen molar-refractivity contribution in [2.45, 2.75) is 18.4 Å². The molecule has 0 aromatic heterocycles. The summed E-state index contributed by atoms with van der Waals surface area (Å²) < 4.78 is 0. The largest absolute Gasteiger partial charge is 2.00 e. The van der Waals surface area contributed by atoms with Gasteiger partial charge in [0.1, 0.15) is 0 Å². The van der Waals surface area contributed by atoms with Crippen molar-refractivity contribution in [2.75, 3.05) is 0 Å². The van der Waals surface area contributed by atoms with Gasteiger partial charge in [0, 0.05) is 0 Å². The van der Waals surface area contributed by atoms with Gasteiger partial charge in [-0.25, -0.2) is 4.79 Å². The third-order valence-electron chi connectivity index (χ3n) is 1.29. The van der Waals surface area contributed by atoms with Gasteiger partial charge in [0.2, 0.25) is 0 Å². The van der Waals surface area contributed by atoms with Crippen LogP contribution < -0.4 is 0 Å². The fraction of sp³-hybridized carbons (Fsp3) is 0.500. The average molecular weight is 294 g/mol. The molecule has 8 nitrogen and oxygen atoms in total. The van der Waals surface area contributed by atoms with E-state index in [2.05, 4.69) is 0 Å². The van der Waals surface area contributed by atoms with Crippen LogP contribution >= 0.6 is 0 Å². The summed E-state index contributed by atoms with van der Waals surface area (Å²) in [6.07, 6.45) is -2.29. The summed E-state index contributed by atoms with van der Waals surface area (Å²) in [6, 6.07) is 0. The van der Waals surface area contributed by atoms with Gasteiger partial charge < -0.3 is 31.6 Å². The van der Waals surface area contributed by atoms with E-state index in [1.807, 2.05) is 0 Å². The van der Waals surface area contributed by atoms with Crippen LogP contribution in [-0.4, -0.2) is 125 Å². The zero-order valence-corrected chi connectivity index (χ0v) is 12.8. The fourth-order valence-corrected chi connectivity index (χ4v) is 0.714. The molecular formula is C6H14Ca2O8. The molecule has 0 aliphatic heterocycles. The van der Waals surface area contributed by atoms with Crippen LogP contribution in [0.2, 0.25) is 0 Å². The van der Waals surface area contributed by atoms with Gasteiger partial charge >= 0.3 is 93.4 Å². The Balaban J connectivity index is -0.0000000343. The monoisotopic (exact) mass is 294 g/mol. The van der Waals surface area contributed by atoms with Crippen molar-refractivity contribution in [1.29, 1.82) is 0 Å².